The molecule has 0 aliphatic carbocycles. The van der Waals surface area contributed by atoms with Gasteiger partial charge in [0.1, 0.15) is 0 Å². The highest BCUT2D eigenvalue weighted by Crippen LogP contribution is 2.22. The van der Waals surface area contributed by atoms with Gasteiger partial charge in [0.25, 0.3) is 5.91 Å². The van der Waals surface area contributed by atoms with Gasteiger partial charge < -0.3 is 5.32 Å². The summed E-state index contributed by atoms with van der Waals surface area (Å²) >= 11 is 5.79. The van der Waals surface area contributed by atoms with Crippen LogP contribution in [0.2, 0.25) is 5.02 Å². The Hall–Kier alpha value is -2.04. The number of para-hydroxylation sites is 1. The summed E-state index contributed by atoms with van der Waals surface area (Å²) in [6, 6.07) is 14.0. The molecule has 0 bridgehead atoms. The molecule has 3 N–H and O–H groups in total. The third kappa shape index (κ3) is 2.80. The van der Waals surface area contributed by atoms with Gasteiger partial charge >= 0.3 is 0 Å². The van der Waals surface area contributed by atoms with Gasteiger partial charge in [-0.3, -0.25) is 10.0 Å². The first kappa shape index (κ1) is 12.4. The van der Waals surface area contributed by atoms with E-state index in [4.69, 9.17) is 16.8 Å². The second kappa shape index (κ2) is 5.53. The second-order valence-electron chi connectivity index (χ2n) is 3.62. The Kier molecular flexibility index (Phi) is 3.82. The van der Waals surface area contributed by atoms with Crippen LogP contribution in [0.25, 0.3) is 0 Å². The van der Waals surface area contributed by atoms with Crippen molar-refractivity contribution in [3.05, 3.63) is 59.1 Å². The first-order chi connectivity index (χ1) is 8.70. The minimum atomic E-state index is -0.563. The highest BCUT2D eigenvalue weighted by molar-refractivity contribution is 6.30. The average Bonchev–Trinajstić information content (AvgIpc) is 2.41. The van der Waals surface area contributed by atoms with Crippen molar-refractivity contribution >= 4 is 28.9 Å². The Balaban J connectivity index is 2.28. The third-order valence-electron chi connectivity index (χ3n) is 2.40. The van der Waals surface area contributed by atoms with E-state index in [0.717, 1.165) is 5.69 Å². The SMILES string of the molecule is O=C(NO)c1ccccc1Nc1ccc(Cl)cc1. The normalized spacial score (nSPS) is 9.89. The molecule has 1 amide bonds. The van der Waals surface area contributed by atoms with Crippen LogP contribution in [0.4, 0.5) is 11.4 Å². The van der Waals surface area contributed by atoms with Crippen molar-refractivity contribution in [2.45, 2.75) is 0 Å². The number of rotatable bonds is 3. The molecule has 2 aromatic carbocycles. The lowest BCUT2D eigenvalue weighted by molar-refractivity contribution is 0.0707. The summed E-state index contributed by atoms with van der Waals surface area (Å²) in [6.07, 6.45) is 0. The fraction of sp³-hybridized carbons (Fsp3) is 0. The number of benzene rings is 2. The van der Waals surface area contributed by atoms with E-state index >= 15 is 0 Å². The molecule has 0 atom stereocenters. The molecular weight excluding hydrogens is 252 g/mol. The van der Waals surface area contributed by atoms with Crippen LogP contribution < -0.4 is 10.8 Å². The van der Waals surface area contributed by atoms with E-state index in [-0.39, 0.29) is 0 Å². The summed E-state index contributed by atoms with van der Waals surface area (Å²) in [4.78, 5) is 11.5. The Bertz CT molecular complexity index is 555. The molecule has 4 nitrogen and oxygen atoms in total. The zero-order chi connectivity index (χ0) is 13.0. The molecular formula is C13H11ClN2O2. The van der Waals surface area contributed by atoms with E-state index in [1.54, 1.807) is 54.0 Å². The van der Waals surface area contributed by atoms with Crippen LogP contribution in [-0.2, 0) is 0 Å². The van der Waals surface area contributed by atoms with Crippen molar-refractivity contribution in [1.29, 1.82) is 0 Å². The highest BCUT2D eigenvalue weighted by Gasteiger charge is 2.09. The first-order valence-corrected chi connectivity index (χ1v) is 5.64. The van der Waals surface area contributed by atoms with E-state index in [1.165, 1.54) is 0 Å². The number of nitrogens with one attached hydrogen (secondary N) is 2. The number of hydrogen-bond donors (Lipinski definition) is 3. The largest absolute Gasteiger partial charge is 0.355 e. The summed E-state index contributed by atoms with van der Waals surface area (Å²) in [5.41, 5.74) is 3.38. The number of hydrogen-bond acceptors (Lipinski definition) is 3. The second-order valence-corrected chi connectivity index (χ2v) is 4.05. The van der Waals surface area contributed by atoms with E-state index in [2.05, 4.69) is 5.32 Å². The number of hydroxylamine groups is 1. The topological polar surface area (TPSA) is 61.4 Å². The summed E-state index contributed by atoms with van der Waals surface area (Å²) < 4.78 is 0. The Morgan fingerprint density at radius 2 is 1.72 bits per heavy atom. The lowest BCUT2D eigenvalue weighted by Crippen LogP contribution is -2.19. The maximum atomic E-state index is 11.5. The highest BCUT2D eigenvalue weighted by atomic mass is 35.5. The van der Waals surface area contributed by atoms with E-state index in [0.29, 0.717) is 16.3 Å². The van der Waals surface area contributed by atoms with Crippen molar-refractivity contribution in [2.75, 3.05) is 5.32 Å². The van der Waals surface area contributed by atoms with Crippen LogP contribution in [0.1, 0.15) is 10.4 Å². The maximum Gasteiger partial charge on any atom is 0.276 e. The predicted octanol–water partition coefficient (Wildman–Crippen LogP) is 3.20. The molecule has 0 unspecified atom stereocenters. The molecule has 2 rings (SSSR count). The predicted molar refractivity (Wildman–Crippen MR) is 70.4 cm³/mol. The van der Waals surface area contributed by atoms with E-state index in [1.807, 2.05) is 0 Å². The average molecular weight is 263 g/mol. The van der Waals surface area contributed by atoms with Crippen LogP contribution in [0.3, 0.4) is 0 Å². The lowest BCUT2D eigenvalue weighted by Gasteiger charge is -2.10. The Labute approximate surface area is 109 Å². The van der Waals surface area contributed by atoms with Gasteiger partial charge in [-0.05, 0) is 36.4 Å². The minimum absolute atomic E-state index is 0.356. The number of amides is 1. The van der Waals surface area contributed by atoms with Gasteiger partial charge in [-0.25, -0.2) is 5.48 Å². The molecule has 0 spiro atoms. The third-order valence-corrected chi connectivity index (χ3v) is 2.65. The first-order valence-electron chi connectivity index (χ1n) is 5.27. The molecule has 92 valence electrons. The number of carbonyl (C=O) groups excluding carboxylic acids is 1. The van der Waals surface area contributed by atoms with Crippen LogP contribution in [-0.4, -0.2) is 11.1 Å². The van der Waals surface area contributed by atoms with Gasteiger partial charge in [-0.15, -0.1) is 0 Å². The molecule has 18 heavy (non-hydrogen) atoms. The number of carbonyl (C=O) groups is 1. The van der Waals surface area contributed by atoms with Crippen molar-refractivity contribution in [3.8, 4) is 0 Å². The molecule has 0 saturated heterocycles. The van der Waals surface area contributed by atoms with E-state index < -0.39 is 5.91 Å². The fourth-order valence-electron chi connectivity index (χ4n) is 1.54. The molecule has 0 aliphatic rings. The van der Waals surface area contributed by atoms with Gasteiger partial charge in [0.05, 0.1) is 11.3 Å². The van der Waals surface area contributed by atoms with Crippen LogP contribution in [0.15, 0.2) is 48.5 Å². The fourth-order valence-corrected chi connectivity index (χ4v) is 1.67. The minimum Gasteiger partial charge on any atom is -0.355 e. The molecule has 2 aromatic rings. The van der Waals surface area contributed by atoms with Crippen molar-refractivity contribution < 1.29 is 10.0 Å². The summed E-state index contributed by atoms with van der Waals surface area (Å²) in [5.74, 6) is -0.563. The van der Waals surface area contributed by atoms with Crippen LogP contribution in [0.5, 0.6) is 0 Å². The molecule has 0 heterocycles. The van der Waals surface area contributed by atoms with Gasteiger partial charge in [0.2, 0.25) is 0 Å². The molecule has 0 radical (unpaired) electrons. The molecule has 0 saturated carbocycles. The van der Waals surface area contributed by atoms with Gasteiger partial charge in [-0.1, -0.05) is 23.7 Å². The van der Waals surface area contributed by atoms with Gasteiger partial charge in [0.15, 0.2) is 0 Å². The van der Waals surface area contributed by atoms with Crippen LogP contribution >= 0.6 is 11.6 Å². The number of anilines is 2. The smallest absolute Gasteiger partial charge is 0.276 e. The monoisotopic (exact) mass is 262 g/mol. The summed E-state index contributed by atoms with van der Waals surface area (Å²) in [5, 5.41) is 12.4. The zero-order valence-corrected chi connectivity index (χ0v) is 10.1. The summed E-state index contributed by atoms with van der Waals surface area (Å²) in [6.45, 7) is 0. The molecule has 5 heteroatoms. The maximum absolute atomic E-state index is 11.5. The zero-order valence-electron chi connectivity index (χ0n) is 9.35. The quantitative estimate of drug-likeness (QED) is 0.588. The van der Waals surface area contributed by atoms with Crippen molar-refractivity contribution in [1.82, 2.24) is 5.48 Å². The Morgan fingerprint density at radius 3 is 2.39 bits per heavy atom. The van der Waals surface area contributed by atoms with Crippen molar-refractivity contribution in [3.63, 3.8) is 0 Å². The summed E-state index contributed by atoms with van der Waals surface area (Å²) in [7, 11) is 0. The standard InChI is InChI=1S/C13H11ClN2O2/c14-9-5-7-10(8-6-9)15-12-4-2-1-3-11(12)13(17)16-18/h1-8,15,18H,(H,16,17). The van der Waals surface area contributed by atoms with Crippen molar-refractivity contribution in [2.24, 2.45) is 0 Å². The molecule has 0 aliphatic heterocycles. The number of halogens is 1. The van der Waals surface area contributed by atoms with Gasteiger partial charge in [-0.2, -0.15) is 0 Å². The van der Waals surface area contributed by atoms with Gasteiger partial charge in [0, 0.05) is 10.7 Å². The van der Waals surface area contributed by atoms with E-state index in [9.17, 15) is 4.79 Å². The lowest BCUT2D eigenvalue weighted by atomic mass is 10.1. The Morgan fingerprint density at radius 1 is 1.06 bits per heavy atom. The molecule has 0 aromatic heterocycles. The van der Waals surface area contributed by atoms with Crippen LogP contribution in [0, 0.1) is 0 Å². The molecule has 0 fully saturated rings.